The Kier molecular flexibility index (Phi) is 1.60. The van der Waals surface area contributed by atoms with Gasteiger partial charge in [-0.2, -0.15) is 0 Å². The second kappa shape index (κ2) is 2.66. The lowest BCUT2D eigenvalue weighted by atomic mass is 10.3. The first-order valence-electron chi connectivity index (χ1n) is 3.78. The van der Waals surface area contributed by atoms with Gasteiger partial charge in [-0.1, -0.05) is 5.21 Å². The summed E-state index contributed by atoms with van der Waals surface area (Å²) in [5.74, 6) is -1.27. The number of nitrogens with zero attached hydrogens (tertiary/aromatic N) is 3. The highest BCUT2D eigenvalue weighted by molar-refractivity contribution is 5.92. The molecule has 0 aromatic carbocycles. The van der Waals surface area contributed by atoms with Crippen LogP contribution in [-0.4, -0.2) is 30.9 Å². The van der Waals surface area contributed by atoms with E-state index in [9.17, 15) is 9.59 Å². The van der Waals surface area contributed by atoms with E-state index in [2.05, 4.69) is 15.3 Å². The van der Waals surface area contributed by atoms with Crippen LogP contribution < -0.4 is 5.56 Å². The SMILES string of the molecule is Cc1cn2nnc(C(=O)O)c2c(=O)[nH]1. The topological polar surface area (TPSA) is 100 Å². The first kappa shape index (κ1) is 8.42. The molecule has 2 heterocycles. The number of aromatic nitrogens is 4. The molecule has 0 saturated carbocycles. The summed E-state index contributed by atoms with van der Waals surface area (Å²) in [4.78, 5) is 24.5. The van der Waals surface area contributed by atoms with Crippen molar-refractivity contribution in [3.05, 3.63) is 27.9 Å². The van der Waals surface area contributed by atoms with Crippen LogP contribution >= 0.6 is 0 Å². The van der Waals surface area contributed by atoms with Crippen LogP contribution in [-0.2, 0) is 0 Å². The molecule has 0 bridgehead atoms. The molecular formula is C7H6N4O3. The van der Waals surface area contributed by atoms with Gasteiger partial charge in [-0.15, -0.1) is 5.10 Å². The van der Waals surface area contributed by atoms with E-state index in [1.165, 1.54) is 6.20 Å². The Labute approximate surface area is 77.0 Å². The van der Waals surface area contributed by atoms with Crippen LogP contribution in [0.3, 0.4) is 0 Å². The molecule has 14 heavy (non-hydrogen) atoms. The first-order chi connectivity index (χ1) is 6.59. The maximum absolute atomic E-state index is 11.4. The smallest absolute Gasteiger partial charge is 0.358 e. The number of aromatic carboxylic acids is 1. The zero-order valence-corrected chi connectivity index (χ0v) is 7.18. The van der Waals surface area contributed by atoms with Crippen LogP contribution in [0.25, 0.3) is 5.52 Å². The number of H-pyrrole nitrogens is 1. The summed E-state index contributed by atoms with van der Waals surface area (Å²) in [6.45, 7) is 1.67. The van der Waals surface area contributed by atoms with Crippen molar-refractivity contribution in [3.63, 3.8) is 0 Å². The number of nitrogens with one attached hydrogen (secondary N) is 1. The van der Waals surface area contributed by atoms with Gasteiger partial charge in [0.15, 0.2) is 5.52 Å². The van der Waals surface area contributed by atoms with Crippen molar-refractivity contribution in [2.75, 3.05) is 0 Å². The number of aryl methyl sites for hydroxylation is 1. The Morgan fingerprint density at radius 2 is 2.36 bits per heavy atom. The summed E-state index contributed by atoms with van der Waals surface area (Å²) in [5, 5.41) is 15.6. The van der Waals surface area contributed by atoms with E-state index in [0.717, 1.165) is 4.52 Å². The summed E-state index contributed by atoms with van der Waals surface area (Å²) >= 11 is 0. The van der Waals surface area contributed by atoms with Gasteiger partial charge in [0.05, 0.1) is 6.20 Å². The molecule has 0 saturated heterocycles. The number of carbonyl (C=O) groups is 1. The first-order valence-corrected chi connectivity index (χ1v) is 3.78. The summed E-state index contributed by atoms with van der Waals surface area (Å²) < 4.78 is 1.15. The minimum absolute atomic E-state index is 0.0527. The fraction of sp³-hybridized carbons (Fsp3) is 0.143. The van der Waals surface area contributed by atoms with E-state index >= 15 is 0 Å². The highest BCUT2D eigenvalue weighted by Gasteiger charge is 2.16. The van der Waals surface area contributed by atoms with Crippen molar-refractivity contribution < 1.29 is 9.90 Å². The number of hydrogen-bond acceptors (Lipinski definition) is 4. The average molecular weight is 194 g/mol. The molecule has 2 rings (SSSR count). The molecular weight excluding hydrogens is 188 g/mol. The average Bonchev–Trinajstić information content (AvgIpc) is 2.47. The van der Waals surface area contributed by atoms with Crippen LogP contribution in [0, 0.1) is 6.92 Å². The molecule has 2 aromatic heterocycles. The van der Waals surface area contributed by atoms with Crippen molar-refractivity contribution in [1.82, 2.24) is 19.8 Å². The normalized spacial score (nSPS) is 10.6. The minimum Gasteiger partial charge on any atom is -0.476 e. The predicted octanol–water partition coefficient (Wildman–Crippen LogP) is -0.576. The predicted molar refractivity (Wildman–Crippen MR) is 45.3 cm³/mol. The summed E-state index contributed by atoms with van der Waals surface area (Å²) in [7, 11) is 0. The molecule has 2 N–H and O–H groups in total. The largest absolute Gasteiger partial charge is 0.476 e. The van der Waals surface area contributed by atoms with Gasteiger partial charge in [0.1, 0.15) is 0 Å². The zero-order chi connectivity index (χ0) is 10.3. The van der Waals surface area contributed by atoms with Gasteiger partial charge in [-0.3, -0.25) is 4.79 Å². The Morgan fingerprint density at radius 3 is 3.00 bits per heavy atom. The lowest BCUT2D eigenvalue weighted by Gasteiger charge is -1.93. The van der Waals surface area contributed by atoms with Crippen LogP contribution in [0.1, 0.15) is 16.2 Å². The lowest BCUT2D eigenvalue weighted by molar-refractivity contribution is 0.0692. The van der Waals surface area contributed by atoms with E-state index in [-0.39, 0.29) is 11.2 Å². The van der Waals surface area contributed by atoms with Gasteiger partial charge < -0.3 is 10.1 Å². The van der Waals surface area contributed by atoms with Gasteiger partial charge in [0, 0.05) is 5.69 Å². The van der Waals surface area contributed by atoms with Crippen LogP contribution in [0.5, 0.6) is 0 Å². The van der Waals surface area contributed by atoms with Gasteiger partial charge in [-0.25, -0.2) is 9.31 Å². The second-order valence-corrected chi connectivity index (χ2v) is 2.80. The van der Waals surface area contributed by atoms with E-state index in [0.29, 0.717) is 5.69 Å². The van der Waals surface area contributed by atoms with Gasteiger partial charge >= 0.3 is 5.97 Å². The van der Waals surface area contributed by atoms with E-state index in [1.807, 2.05) is 0 Å². The molecule has 0 spiro atoms. The molecule has 0 atom stereocenters. The molecule has 2 aromatic rings. The fourth-order valence-corrected chi connectivity index (χ4v) is 1.19. The minimum atomic E-state index is -1.27. The Bertz CT molecular complexity index is 568. The number of hydrogen-bond donors (Lipinski definition) is 2. The van der Waals surface area contributed by atoms with Crippen molar-refractivity contribution in [3.8, 4) is 0 Å². The number of aromatic amines is 1. The third kappa shape index (κ3) is 1.06. The van der Waals surface area contributed by atoms with Gasteiger partial charge in [-0.05, 0) is 6.92 Å². The maximum Gasteiger partial charge on any atom is 0.358 e. The summed E-state index contributed by atoms with van der Waals surface area (Å²) in [6.07, 6.45) is 1.50. The zero-order valence-electron chi connectivity index (χ0n) is 7.18. The van der Waals surface area contributed by atoms with Crippen molar-refractivity contribution >= 4 is 11.5 Å². The summed E-state index contributed by atoms with van der Waals surface area (Å²) in [6, 6.07) is 0. The molecule has 0 fully saturated rings. The number of rotatable bonds is 1. The third-order valence-electron chi connectivity index (χ3n) is 1.74. The lowest BCUT2D eigenvalue weighted by Crippen LogP contribution is -2.13. The number of fused-ring (bicyclic) bond motifs is 1. The second-order valence-electron chi connectivity index (χ2n) is 2.80. The Hall–Kier alpha value is -2.18. The van der Waals surface area contributed by atoms with E-state index in [1.54, 1.807) is 6.92 Å². The summed E-state index contributed by atoms with van der Waals surface area (Å²) in [5.41, 5.74) is -0.314. The Balaban J connectivity index is 2.93. The van der Waals surface area contributed by atoms with E-state index < -0.39 is 11.5 Å². The molecule has 7 heteroatoms. The molecule has 0 aliphatic rings. The molecule has 72 valence electrons. The standard InChI is InChI=1S/C7H6N4O3/c1-3-2-11-5(6(12)8-3)4(7(13)14)9-10-11/h2H,1H3,(H,8,12)(H,13,14). The molecule has 0 unspecified atom stereocenters. The molecule has 7 nitrogen and oxygen atoms in total. The highest BCUT2D eigenvalue weighted by Crippen LogP contribution is 2.01. The highest BCUT2D eigenvalue weighted by atomic mass is 16.4. The number of carboxylic acids is 1. The maximum atomic E-state index is 11.4. The van der Waals surface area contributed by atoms with Gasteiger partial charge in [0.2, 0.25) is 5.69 Å². The third-order valence-corrected chi connectivity index (χ3v) is 1.74. The van der Waals surface area contributed by atoms with Gasteiger partial charge in [0.25, 0.3) is 5.56 Å². The van der Waals surface area contributed by atoms with Crippen LogP contribution in [0.2, 0.25) is 0 Å². The molecule has 0 aliphatic heterocycles. The molecule has 0 aliphatic carbocycles. The fourth-order valence-electron chi connectivity index (χ4n) is 1.19. The molecule has 0 radical (unpaired) electrons. The van der Waals surface area contributed by atoms with Crippen LogP contribution in [0.15, 0.2) is 11.0 Å². The van der Waals surface area contributed by atoms with E-state index in [4.69, 9.17) is 5.11 Å². The van der Waals surface area contributed by atoms with Crippen LogP contribution in [0.4, 0.5) is 0 Å². The van der Waals surface area contributed by atoms with Crippen molar-refractivity contribution in [2.24, 2.45) is 0 Å². The molecule has 0 amide bonds. The Morgan fingerprint density at radius 1 is 1.64 bits per heavy atom. The monoisotopic (exact) mass is 194 g/mol. The van der Waals surface area contributed by atoms with Crippen molar-refractivity contribution in [1.29, 1.82) is 0 Å². The number of carboxylic acid groups (broad SMARTS) is 1. The quantitative estimate of drug-likeness (QED) is 0.632. The van der Waals surface area contributed by atoms with Crippen molar-refractivity contribution in [2.45, 2.75) is 6.92 Å².